The fraction of sp³-hybridized carbons (Fsp3) is 0.120. The highest BCUT2D eigenvalue weighted by Crippen LogP contribution is 2.23. The van der Waals surface area contributed by atoms with Crippen LogP contribution in [0.25, 0.3) is 10.9 Å². The maximum absolute atomic E-state index is 12.3. The summed E-state index contributed by atoms with van der Waals surface area (Å²) >= 11 is 0. The van der Waals surface area contributed by atoms with Crippen LogP contribution in [-0.4, -0.2) is 17.7 Å². The third-order valence-corrected chi connectivity index (χ3v) is 4.62. The van der Waals surface area contributed by atoms with Gasteiger partial charge in [-0.1, -0.05) is 48.5 Å². The number of amides is 1. The van der Waals surface area contributed by atoms with Gasteiger partial charge in [0, 0.05) is 17.3 Å². The highest BCUT2D eigenvalue weighted by Gasteiger charge is 2.09. The van der Waals surface area contributed by atoms with Crippen molar-refractivity contribution in [2.45, 2.75) is 12.8 Å². The van der Waals surface area contributed by atoms with Crippen LogP contribution >= 0.6 is 0 Å². The first kappa shape index (κ1) is 19.5. The van der Waals surface area contributed by atoms with E-state index in [1.807, 2.05) is 54.6 Å². The average Bonchev–Trinajstić information content (AvgIpc) is 2.79. The number of rotatable bonds is 7. The van der Waals surface area contributed by atoms with Crippen LogP contribution in [0.4, 0.5) is 10.5 Å². The van der Waals surface area contributed by atoms with E-state index in [9.17, 15) is 4.79 Å². The van der Waals surface area contributed by atoms with Gasteiger partial charge in [0.1, 0.15) is 11.3 Å². The zero-order valence-electron chi connectivity index (χ0n) is 16.5. The van der Waals surface area contributed by atoms with Gasteiger partial charge in [0.15, 0.2) is 5.75 Å². The average molecular weight is 398 g/mol. The highest BCUT2D eigenvalue weighted by atomic mass is 16.6. The Morgan fingerprint density at radius 1 is 0.867 bits per heavy atom. The number of nitrogens with zero attached hydrogens (tertiary/aromatic N) is 1. The second-order valence-corrected chi connectivity index (χ2v) is 6.81. The van der Waals surface area contributed by atoms with E-state index in [-0.39, 0.29) is 0 Å². The fourth-order valence-electron chi connectivity index (χ4n) is 3.15. The number of fused-ring (bicyclic) bond motifs is 1. The molecule has 0 spiro atoms. The van der Waals surface area contributed by atoms with E-state index >= 15 is 0 Å². The van der Waals surface area contributed by atoms with Crippen LogP contribution in [0.2, 0.25) is 0 Å². The number of aryl methyl sites for hydroxylation is 1. The molecule has 4 aromatic rings. The van der Waals surface area contributed by atoms with Gasteiger partial charge in [0.05, 0.1) is 6.61 Å². The van der Waals surface area contributed by atoms with Gasteiger partial charge < -0.3 is 9.47 Å². The van der Waals surface area contributed by atoms with Crippen LogP contribution in [0.5, 0.6) is 11.5 Å². The quantitative estimate of drug-likeness (QED) is 0.396. The van der Waals surface area contributed by atoms with E-state index in [1.165, 1.54) is 5.56 Å². The van der Waals surface area contributed by atoms with Gasteiger partial charge in [-0.05, 0) is 54.8 Å². The lowest BCUT2D eigenvalue weighted by Gasteiger charge is -2.10. The number of benzene rings is 3. The molecule has 0 saturated heterocycles. The first-order valence-corrected chi connectivity index (χ1v) is 9.87. The third-order valence-electron chi connectivity index (χ3n) is 4.62. The van der Waals surface area contributed by atoms with E-state index in [0.717, 1.165) is 24.0 Å². The molecule has 150 valence electrons. The lowest BCUT2D eigenvalue weighted by molar-refractivity contribution is 0.215. The van der Waals surface area contributed by atoms with Crippen LogP contribution in [0.1, 0.15) is 12.0 Å². The zero-order valence-corrected chi connectivity index (χ0v) is 16.5. The molecule has 1 aromatic heterocycles. The molecule has 0 radical (unpaired) electrons. The van der Waals surface area contributed by atoms with Crippen molar-refractivity contribution in [3.05, 3.63) is 96.7 Å². The smallest absolute Gasteiger partial charge is 0.417 e. The molecule has 0 bridgehead atoms. The Labute approximate surface area is 175 Å². The number of hydrogen-bond donors (Lipinski definition) is 1. The summed E-state index contributed by atoms with van der Waals surface area (Å²) in [5.41, 5.74) is 2.58. The van der Waals surface area contributed by atoms with E-state index in [0.29, 0.717) is 23.6 Å². The van der Waals surface area contributed by atoms with Crippen molar-refractivity contribution in [1.82, 2.24) is 4.98 Å². The van der Waals surface area contributed by atoms with Crippen molar-refractivity contribution in [3.63, 3.8) is 0 Å². The van der Waals surface area contributed by atoms with E-state index in [1.54, 1.807) is 24.4 Å². The van der Waals surface area contributed by atoms with Gasteiger partial charge in [-0.3, -0.25) is 10.3 Å². The lowest BCUT2D eigenvalue weighted by atomic mass is 10.1. The van der Waals surface area contributed by atoms with Crippen molar-refractivity contribution in [2.24, 2.45) is 0 Å². The largest absolute Gasteiger partial charge is 0.494 e. The molecule has 0 atom stereocenters. The third kappa shape index (κ3) is 5.14. The second-order valence-electron chi connectivity index (χ2n) is 6.81. The summed E-state index contributed by atoms with van der Waals surface area (Å²) in [6.45, 7) is 0.637. The first-order valence-electron chi connectivity index (χ1n) is 9.87. The van der Waals surface area contributed by atoms with Crippen molar-refractivity contribution >= 4 is 22.7 Å². The van der Waals surface area contributed by atoms with E-state index in [2.05, 4.69) is 22.4 Å². The Morgan fingerprint density at radius 2 is 1.67 bits per heavy atom. The molecule has 30 heavy (non-hydrogen) atoms. The molecular formula is C25H22N2O3. The Kier molecular flexibility index (Phi) is 6.20. The molecule has 0 unspecified atom stereocenters. The zero-order chi connectivity index (χ0) is 20.6. The monoisotopic (exact) mass is 398 g/mol. The molecule has 1 amide bonds. The molecular weight excluding hydrogens is 376 g/mol. The molecule has 0 aliphatic rings. The highest BCUT2D eigenvalue weighted by molar-refractivity contribution is 5.91. The summed E-state index contributed by atoms with van der Waals surface area (Å²) in [4.78, 5) is 16.5. The molecule has 0 saturated carbocycles. The lowest BCUT2D eigenvalue weighted by Crippen LogP contribution is -2.16. The fourth-order valence-corrected chi connectivity index (χ4v) is 3.15. The molecule has 5 nitrogen and oxygen atoms in total. The maximum Gasteiger partial charge on any atom is 0.417 e. The number of pyridine rings is 1. The normalized spacial score (nSPS) is 10.5. The number of aromatic nitrogens is 1. The predicted octanol–water partition coefficient (Wildman–Crippen LogP) is 5.86. The minimum atomic E-state index is -0.565. The van der Waals surface area contributed by atoms with Gasteiger partial charge >= 0.3 is 6.09 Å². The van der Waals surface area contributed by atoms with E-state index in [4.69, 9.17) is 9.47 Å². The molecule has 5 heteroatoms. The first-order chi connectivity index (χ1) is 14.8. The molecule has 3 aromatic carbocycles. The van der Waals surface area contributed by atoms with Gasteiger partial charge in [-0.15, -0.1) is 0 Å². The number of anilines is 1. The second kappa shape index (κ2) is 9.56. The van der Waals surface area contributed by atoms with Gasteiger partial charge in [0.25, 0.3) is 0 Å². The van der Waals surface area contributed by atoms with Gasteiger partial charge in [-0.25, -0.2) is 4.79 Å². The van der Waals surface area contributed by atoms with Crippen molar-refractivity contribution in [3.8, 4) is 11.5 Å². The Balaban J connectivity index is 1.27. The van der Waals surface area contributed by atoms with Gasteiger partial charge in [0.2, 0.25) is 0 Å². The van der Waals surface area contributed by atoms with Crippen LogP contribution in [-0.2, 0) is 6.42 Å². The molecule has 0 aliphatic heterocycles. The van der Waals surface area contributed by atoms with Crippen molar-refractivity contribution in [1.29, 1.82) is 0 Å². The number of para-hydroxylation sites is 1. The number of carbonyl (C=O) groups excluding carboxylic acids is 1. The van der Waals surface area contributed by atoms with Crippen LogP contribution in [0, 0.1) is 0 Å². The molecule has 1 heterocycles. The standard InChI is InChI=1S/C25H22N2O3/c28-25(30-23-12-4-10-20-11-5-17-26-24(20)23)27-21-13-15-22(16-14-21)29-18-6-9-19-7-2-1-3-8-19/h1-5,7-8,10-17H,6,9,18H2,(H,27,28). The van der Waals surface area contributed by atoms with Crippen LogP contribution < -0.4 is 14.8 Å². The molecule has 4 rings (SSSR count). The summed E-state index contributed by atoms with van der Waals surface area (Å²) in [5.74, 6) is 1.18. The van der Waals surface area contributed by atoms with E-state index < -0.39 is 6.09 Å². The number of hydrogen-bond acceptors (Lipinski definition) is 4. The SMILES string of the molecule is O=C(Nc1ccc(OCCCc2ccccc2)cc1)Oc1cccc2cccnc12. The molecule has 0 aliphatic carbocycles. The van der Waals surface area contributed by atoms with Gasteiger partial charge in [-0.2, -0.15) is 0 Å². The van der Waals surface area contributed by atoms with Crippen LogP contribution in [0.3, 0.4) is 0 Å². The summed E-state index contributed by atoms with van der Waals surface area (Å²) in [6, 6.07) is 26.8. The Hall–Kier alpha value is -3.86. The van der Waals surface area contributed by atoms with Crippen molar-refractivity contribution < 1.29 is 14.3 Å². The maximum atomic E-state index is 12.3. The number of ether oxygens (including phenoxy) is 2. The summed E-state index contributed by atoms with van der Waals surface area (Å²) < 4.78 is 11.2. The molecule has 1 N–H and O–H groups in total. The molecule has 0 fully saturated rings. The Morgan fingerprint density at radius 3 is 2.50 bits per heavy atom. The number of nitrogens with one attached hydrogen (secondary N) is 1. The number of carbonyl (C=O) groups is 1. The van der Waals surface area contributed by atoms with Crippen LogP contribution in [0.15, 0.2) is 91.1 Å². The topological polar surface area (TPSA) is 60.5 Å². The minimum absolute atomic E-state index is 0.420. The summed E-state index contributed by atoms with van der Waals surface area (Å²) in [7, 11) is 0. The Bertz CT molecular complexity index is 1110. The summed E-state index contributed by atoms with van der Waals surface area (Å²) in [6.07, 6.45) is 3.03. The van der Waals surface area contributed by atoms with Crippen molar-refractivity contribution in [2.75, 3.05) is 11.9 Å². The predicted molar refractivity (Wildman–Crippen MR) is 118 cm³/mol. The summed E-state index contributed by atoms with van der Waals surface area (Å²) in [5, 5.41) is 3.64. The minimum Gasteiger partial charge on any atom is -0.494 e.